The van der Waals surface area contributed by atoms with Crippen molar-refractivity contribution < 1.29 is 0 Å². The zero-order valence-electron chi connectivity index (χ0n) is 6.50. The molecule has 0 amide bonds. The molecule has 3 nitrogen and oxygen atoms in total. The number of nitrogen functional groups attached to an aromatic ring is 1. The van der Waals surface area contributed by atoms with Crippen molar-refractivity contribution in [2.75, 3.05) is 12.3 Å². The molecule has 4 N–H and O–H groups in total. The summed E-state index contributed by atoms with van der Waals surface area (Å²) in [5.74, 6) is 0. The maximum absolute atomic E-state index is 5.63. The Balaban J connectivity index is 2.89. The SMILES string of the molecule is NCC=Cc1cnc(Cl)c(N)c1. The molecule has 0 aliphatic carbocycles. The number of pyridine rings is 1. The Labute approximate surface area is 76.0 Å². The molecule has 0 unspecified atom stereocenters. The van der Waals surface area contributed by atoms with Crippen LogP contribution in [0.2, 0.25) is 5.15 Å². The number of hydrogen-bond acceptors (Lipinski definition) is 3. The van der Waals surface area contributed by atoms with Gasteiger partial charge in [0.25, 0.3) is 0 Å². The average Bonchev–Trinajstić information content (AvgIpc) is 2.07. The van der Waals surface area contributed by atoms with Crippen LogP contribution in [0.4, 0.5) is 5.69 Å². The molecule has 0 radical (unpaired) electrons. The summed E-state index contributed by atoms with van der Waals surface area (Å²) >= 11 is 5.63. The number of anilines is 1. The van der Waals surface area contributed by atoms with Gasteiger partial charge in [0.2, 0.25) is 0 Å². The topological polar surface area (TPSA) is 64.9 Å². The second-order valence-corrected chi connectivity index (χ2v) is 2.64. The zero-order valence-corrected chi connectivity index (χ0v) is 7.25. The van der Waals surface area contributed by atoms with Gasteiger partial charge in [-0.25, -0.2) is 4.98 Å². The third-order valence-corrected chi connectivity index (χ3v) is 1.65. The molecule has 1 heterocycles. The number of aromatic nitrogens is 1. The average molecular weight is 184 g/mol. The summed E-state index contributed by atoms with van der Waals surface area (Å²) in [6.07, 6.45) is 5.31. The van der Waals surface area contributed by atoms with Gasteiger partial charge in [-0.05, 0) is 11.6 Å². The molecule has 0 aliphatic heterocycles. The molecule has 0 aromatic carbocycles. The molecule has 0 atom stereocenters. The molecular weight excluding hydrogens is 174 g/mol. The number of halogens is 1. The van der Waals surface area contributed by atoms with E-state index >= 15 is 0 Å². The Kier molecular flexibility index (Phi) is 3.08. The predicted octanol–water partition coefficient (Wildman–Crippen LogP) is 1.29. The van der Waals surface area contributed by atoms with Gasteiger partial charge in [0, 0.05) is 12.7 Å². The number of rotatable bonds is 2. The lowest BCUT2D eigenvalue weighted by Crippen LogP contribution is -1.93. The maximum atomic E-state index is 5.63. The molecular formula is C8H10ClN3. The van der Waals surface area contributed by atoms with Gasteiger partial charge in [0.05, 0.1) is 5.69 Å². The summed E-state index contributed by atoms with van der Waals surface area (Å²) in [5.41, 5.74) is 12.2. The Morgan fingerprint density at radius 1 is 1.58 bits per heavy atom. The molecule has 0 spiro atoms. The van der Waals surface area contributed by atoms with Crippen LogP contribution in [0.1, 0.15) is 5.56 Å². The van der Waals surface area contributed by atoms with Crippen LogP contribution in [-0.2, 0) is 0 Å². The van der Waals surface area contributed by atoms with E-state index in [1.807, 2.05) is 12.2 Å². The van der Waals surface area contributed by atoms with Gasteiger partial charge >= 0.3 is 0 Å². The fourth-order valence-electron chi connectivity index (χ4n) is 0.777. The second kappa shape index (κ2) is 4.09. The fourth-order valence-corrected chi connectivity index (χ4v) is 0.881. The summed E-state index contributed by atoms with van der Waals surface area (Å²) in [7, 11) is 0. The largest absolute Gasteiger partial charge is 0.396 e. The van der Waals surface area contributed by atoms with E-state index in [1.54, 1.807) is 12.3 Å². The smallest absolute Gasteiger partial charge is 0.151 e. The van der Waals surface area contributed by atoms with E-state index in [-0.39, 0.29) is 0 Å². The second-order valence-electron chi connectivity index (χ2n) is 2.29. The quantitative estimate of drug-likeness (QED) is 0.680. The zero-order chi connectivity index (χ0) is 8.97. The van der Waals surface area contributed by atoms with Crippen molar-refractivity contribution in [2.45, 2.75) is 0 Å². The van der Waals surface area contributed by atoms with Crippen LogP contribution in [0.5, 0.6) is 0 Å². The minimum atomic E-state index is 0.333. The van der Waals surface area contributed by atoms with Gasteiger partial charge in [0.1, 0.15) is 0 Å². The fraction of sp³-hybridized carbons (Fsp3) is 0.125. The van der Waals surface area contributed by atoms with Gasteiger partial charge in [-0.2, -0.15) is 0 Å². The normalized spacial score (nSPS) is 10.8. The molecule has 0 saturated heterocycles. The first kappa shape index (κ1) is 9.03. The molecule has 0 aliphatic rings. The molecule has 0 saturated carbocycles. The summed E-state index contributed by atoms with van der Waals surface area (Å²) in [6, 6.07) is 1.75. The van der Waals surface area contributed by atoms with E-state index in [2.05, 4.69) is 4.98 Å². The van der Waals surface area contributed by atoms with E-state index in [9.17, 15) is 0 Å². The molecule has 1 aromatic heterocycles. The van der Waals surface area contributed by atoms with Gasteiger partial charge in [-0.15, -0.1) is 0 Å². The van der Waals surface area contributed by atoms with Gasteiger partial charge in [0.15, 0.2) is 5.15 Å². The van der Waals surface area contributed by atoms with Crippen LogP contribution in [-0.4, -0.2) is 11.5 Å². The van der Waals surface area contributed by atoms with Crippen molar-refractivity contribution in [1.29, 1.82) is 0 Å². The molecule has 1 aromatic rings. The minimum absolute atomic E-state index is 0.333. The third-order valence-electron chi connectivity index (χ3n) is 1.33. The first-order chi connectivity index (χ1) is 5.74. The molecule has 4 heteroatoms. The standard InChI is InChI=1S/C8H10ClN3/c9-8-7(11)4-6(5-12-8)2-1-3-10/h1-2,4-5H,3,10-11H2. The Morgan fingerprint density at radius 2 is 2.33 bits per heavy atom. The van der Waals surface area contributed by atoms with Gasteiger partial charge < -0.3 is 11.5 Å². The molecule has 64 valence electrons. The highest BCUT2D eigenvalue weighted by atomic mass is 35.5. The van der Waals surface area contributed by atoms with E-state index in [1.165, 1.54) is 0 Å². The Bertz CT molecular complexity index is 296. The van der Waals surface area contributed by atoms with E-state index in [4.69, 9.17) is 23.1 Å². The summed E-state index contributed by atoms with van der Waals surface area (Å²) in [5, 5.41) is 0.333. The van der Waals surface area contributed by atoms with Crippen LogP contribution >= 0.6 is 11.6 Å². The monoisotopic (exact) mass is 183 g/mol. The van der Waals surface area contributed by atoms with E-state index in [0.717, 1.165) is 5.56 Å². The molecule has 12 heavy (non-hydrogen) atoms. The lowest BCUT2D eigenvalue weighted by molar-refractivity contribution is 1.26. The third kappa shape index (κ3) is 2.22. The van der Waals surface area contributed by atoms with E-state index < -0.39 is 0 Å². The lowest BCUT2D eigenvalue weighted by atomic mass is 10.2. The highest BCUT2D eigenvalue weighted by Gasteiger charge is 1.95. The van der Waals surface area contributed by atoms with Crippen LogP contribution in [0.3, 0.4) is 0 Å². The van der Waals surface area contributed by atoms with Gasteiger partial charge in [-0.3, -0.25) is 0 Å². The van der Waals surface area contributed by atoms with E-state index in [0.29, 0.717) is 17.4 Å². The Hall–Kier alpha value is -1.06. The molecule has 0 fully saturated rings. The highest BCUT2D eigenvalue weighted by molar-refractivity contribution is 6.31. The van der Waals surface area contributed by atoms with Crippen LogP contribution in [0.25, 0.3) is 6.08 Å². The number of hydrogen-bond donors (Lipinski definition) is 2. The predicted molar refractivity (Wildman–Crippen MR) is 51.7 cm³/mol. The lowest BCUT2D eigenvalue weighted by Gasteiger charge is -1.97. The maximum Gasteiger partial charge on any atom is 0.151 e. The van der Waals surface area contributed by atoms with Crippen LogP contribution in [0, 0.1) is 0 Å². The summed E-state index contributed by atoms with van der Waals surface area (Å²) in [6.45, 7) is 0.503. The van der Waals surface area contributed by atoms with Crippen molar-refractivity contribution in [3.05, 3.63) is 29.1 Å². The van der Waals surface area contributed by atoms with Crippen molar-refractivity contribution >= 4 is 23.4 Å². The van der Waals surface area contributed by atoms with Crippen molar-refractivity contribution in [1.82, 2.24) is 4.98 Å². The summed E-state index contributed by atoms with van der Waals surface area (Å²) in [4.78, 5) is 3.88. The van der Waals surface area contributed by atoms with Crippen molar-refractivity contribution in [3.8, 4) is 0 Å². The Morgan fingerprint density at radius 3 is 2.92 bits per heavy atom. The first-order valence-electron chi connectivity index (χ1n) is 3.51. The van der Waals surface area contributed by atoms with Crippen molar-refractivity contribution in [2.24, 2.45) is 5.73 Å². The first-order valence-corrected chi connectivity index (χ1v) is 3.89. The number of nitrogens with zero attached hydrogens (tertiary/aromatic N) is 1. The molecule has 0 bridgehead atoms. The summed E-state index contributed by atoms with van der Waals surface area (Å²) < 4.78 is 0. The van der Waals surface area contributed by atoms with Crippen molar-refractivity contribution in [3.63, 3.8) is 0 Å². The molecule has 1 rings (SSSR count). The highest BCUT2D eigenvalue weighted by Crippen LogP contribution is 2.16. The van der Waals surface area contributed by atoms with Crippen LogP contribution < -0.4 is 11.5 Å². The van der Waals surface area contributed by atoms with Gasteiger partial charge in [-0.1, -0.05) is 23.8 Å². The minimum Gasteiger partial charge on any atom is -0.396 e. The van der Waals surface area contributed by atoms with Crippen LogP contribution in [0.15, 0.2) is 18.3 Å². The number of nitrogens with two attached hydrogens (primary N) is 2.